The van der Waals surface area contributed by atoms with Gasteiger partial charge in [-0.25, -0.2) is 8.42 Å². The Hall–Kier alpha value is -2.27. The Bertz CT molecular complexity index is 917. The van der Waals surface area contributed by atoms with Gasteiger partial charge in [0.25, 0.3) is 0 Å². The van der Waals surface area contributed by atoms with Gasteiger partial charge in [0.1, 0.15) is 12.4 Å². The van der Waals surface area contributed by atoms with Crippen molar-refractivity contribution >= 4 is 20.6 Å². The van der Waals surface area contributed by atoms with Crippen LogP contribution in [0, 0.1) is 23.7 Å². The van der Waals surface area contributed by atoms with Crippen LogP contribution in [0.15, 0.2) is 47.4 Å². The maximum atomic E-state index is 12.5. The molecule has 2 rings (SSSR count). The number of sulfone groups is 1. The fourth-order valence-electron chi connectivity index (χ4n) is 2.53. The van der Waals surface area contributed by atoms with Gasteiger partial charge in [0, 0.05) is 18.2 Å². The lowest BCUT2D eigenvalue weighted by molar-refractivity contribution is 0.350. The van der Waals surface area contributed by atoms with E-state index in [0.29, 0.717) is 11.3 Å². The lowest BCUT2D eigenvalue weighted by Gasteiger charge is -2.05. The highest BCUT2D eigenvalue weighted by Gasteiger charge is 2.15. The van der Waals surface area contributed by atoms with Crippen LogP contribution in [0.4, 0.5) is 0 Å². The number of unbranched alkanes of at least 4 members (excludes halogenated alkanes) is 4. The SMILES string of the molecule is O=S(=O)(CC#CCCCCCC#CCO)c1cccc2ccccc12. The first kappa shape index (κ1) is 19.1. The minimum absolute atomic E-state index is 0.0867. The minimum Gasteiger partial charge on any atom is -0.384 e. The van der Waals surface area contributed by atoms with Crippen LogP contribution in [0.1, 0.15) is 32.1 Å². The van der Waals surface area contributed by atoms with Crippen molar-refractivity contribution in [3.8, 4) is 23.7 Å². The maximum Gasteiger partial charge on any atom is 0.190 e. The molecule has 4 heteroatoms. The van der Waals surface area contributed by atoms with Crippen LogP contribution in [0.25, 0.3) is 10.8 Å². The third-order valence-electron chi connectivity index (χ3n) is 3.78. The van der Waals surface area contributed by atoms with Crippen LogP contribution in [0.5, 0.6) is 0 Å². The van der Waals surface area contributed by atoms with Crippen LogP contribution in [0.2, 0.25) is 0 Å². The normalized spacial score (nSPS) is 10.6. The quantitative estimate of drug-likeness (QED) is 0.637. The number of fused-ring (bicyclic) bond motifs is 1. The fraction of sp³-hybridized carbons (Fsp3) is 0.333. The molecule has 0 aromatic heterocycles. The zero-order valence-electron chi connectivity index (χ0n) is 14.2. The van der Waals surface area contributed by atoms with Crippen molar-refractivity contribution in [1.82, 2.24) is 0 Å². The molecule has 130 valence electrons. The summed E-state index contributed by atoms with van der Waals surface area (Å²) < 4.78 is 25.1. The van der Waals surface area contributed by atoms with Crippen molar-refractivity contribution < 1.29 is 13.5 Å². The largest absolute Gasteiger partial charge is 0.384 e. The second kappa shape index (κ2) is 9.89. The molecule has 0 fully saturated rings. The topological polar surface area (TPSA) is 54.4 Å². The lowest BCUT2D eigenvalue weighted by atomic mass is 10.1. The molecule has 0 bridgehead atoms. The van der Waals surface area contributed by atoms with Crippen molar-refractivity contribution in [2.45, 2.75) is 37.0 Å². The van der Waals surface area contributed by atoms with Crippen LogP contribution >= 0.6 is 0 Å². The molecule has 3 nitrogen and oxygen atoms in total. The Kier molecular flexibility index (Phi) is 7.54. The van der Waals surface area contributed by atoms with E-state index in [1.807, 2.05) is 30.3 Å². The molecule has 0 aliphatic rings. The Morgan fingerprint density at radius 3 is 2.24 bits per heavy atom. The van der Waals surface area contributed by atoms with Gasteiger partial charge < -0.3 is 5.11 Å². The summed E-state index contributed by atoms with van der Waals surface area (Å²) in [6, 6.07) is 12.8. The standard InChI is InChI=1S/C21H22O3S/c22-17-10-6-4-2-1-3-5-7-11-18-25(23,24)21-16-12-14-19-13-8-9-15-20(19)21/h8-9,12-16,22H,1-5,17-18H2. The Morgan fingerprint density at radius 2 is 1.48 bits per heavy atom. The van der Waals surface area contributed by atoms with Crippen LogP contribution in [-0.4, -0.2) is 25.9 Å². The molecule has 0 aliphatic heterocycles. The van der Waals surface area contributed by atoms with Crippen molar-refractivity contribution in [3.05, 3.63) is 42.5 Å². The second-order valence-electron chi connectivity index (χ2n) is 5.66. The second-order valence-corrected chi connectivity index (χ2v) is 7.62. The summed E-state index contributed by atoms with van der Waals surface area (Å²) in [5, 5.41) is 10.2. The van der Waals surface area contributed by atoms with Crippen LogP contribution < -0.4 is 0 Å². The van der Waals surface area contributed by atoms with Gasteiger partial charge >= 0.3 is 0 Å². The van der Waals surface area contributed by atoms with E-state index >= 15 is 0 Å². The number of hydrogen-bond donors (Lipinski definition) is 1. The zero-order chi connectivity index (χ0) is 18.0. The molecule has 2 aromatic rings. The molecule has 0 saturated heterocycles. The summed E-state index contributed by atoms with van der Waals surface area (Å²) in [6.07, 6.45) is 4.39. The van der Waals surface area contributed by atoms with Gasteiger partial charge in [0.2, 0.25) is 0 Å². The molecular weight excluding hydrogens is 332 g/mol. The molecule has 0 amide bonds. The first-order valence-corrected chi connectivity index (χ1v) is 10.0. The van der Waals surface area contributed by atoms with E-state index in [1.165, 1.54) is 0 Å². The van der Waals surface area contributed by atoms with E-state index in [0.717, 1.165) is 36.5 Å². The van der Waals surface area contributed by atoms with Crippen molar-refractivity contribution in [2.24, 2.45) is 0 Å². The van der Waals surface area contributed by atoms with Crippen molar-refractivity contribution in [1.29, 1.82) is 0 Å². The molecule has 0 saturated carbocycles. The molecule has 0 unspecified atom stereocenters. The maximum absolute atomic E-state index is 12.5. The van der Waals surface area contributed by atoms with Gasteiger partial charge in [-0.2, -0.15) is 0 Å². The summed E-state index contributed by atoms with van der Waals surface area (Å²) in [5.74, 6) is 11.1. The van der Waals surface area contributed by atoms with Gasteiger partial charge in [-0.3, -0.25) is 0 Å². The van der Waals surface area contributed by atoms with E-state index < -0.39 is 9.84 Å². The fourth-order valence-corrected chi connectivity index (χ4v) is 3.78. The van der Waals surface area contributed by atoms with E-state index in [1.54, 1.807) is 12.1 Å². The molecule has 0 atom stereocenters. The molecule has 0 heterocycles. The van der Waals surface area contributed by atoms with Crippen LogP contribution in [-0.2, 0) is 9.84 Å². The Balaban J connectivity index is 1.88. The smallest absolute Gasteiger partial charge is 0.190 e. The molecule has 25 heavy (non-hydrogen) atoms. The number of aliphatic hydroxyl groups excluding tert-OH is 1. The van der Waals surface area contributed by atoms with E-state index in [2.05, 4.69) is 23.7 Å². The highest BCUT2D eigenvalue weighted by Crippen LogP contribution is 2.23. The van der Waals surface area contributed by atoms with Gasteiger partial charge in [0.15, 0.2) is 9.84 Å². The summed E-state index contributed by atoms with van der Waals surface area (Å²) >= 11 is 0. The van der Waals surface area contributed by atoms with Gasteiger partial charge in [-0.05, 0) is 24.3 Å². The predicted molar refractivity (Wildman–Crippen MR) is 102 cm³/mol. The Labute approximate surface area is 150 Å². The highest BCUT2D eigenvalue weighted by molar-refractivity contribution is 7.91. The lowest BCUT2D eigenvalue weighted by Crippen LogP contribution is -2.05. The molecule has 0 radical (unpaired) electrons. The molecule has 1 N–H and O–H groups in total. The summed E-state index contributed by atoms with van der Waals surface area (Å²) in [6.45, 7) is -0.0867. The first-order chi connectivity index (χ1) is 12.1. The predicted octanol–water partition coefficient (Wildman–Crippen LogP) is 3.56. The van der Waals surface area contributed by atoms with Crippen molar-refractivity contribution in [2.75, 3.05) is 12.4 Å². The number of benzene rings is 2. The first-order valence-electron chi connectivity index (χ1n) is 8.38. The average Bonchev–Trinajstić information content (AvgIpc) is 2.62. The molecule has 0 spiro atoms. The number of aliphatic hydroxyl groups is 1. The van der Waals surface area contributed by atoms with Crippen molar-refractivity contribution in [3.63, 3.8) is 0 Å². The van der Waals surface area contributed by atoms with Gasteiger partial charge in [0.05, 0.1) is 4.90 Å². The number of hydrogen-bond acceptors (Lipinski definition) is 3. The average molecular weight is 354 g/mol. The van der Waals surface area contributed by atoms with E-state index in [-0.39, 0.29) is 12.4 Å². The molecule has 2 aromatic carbocycles. The Morgan fingerprint density at radius 1 is 0.800 bits per heavy atom. The summed E-state index contributed by atoms with van der Waals surface area (Å²) in [4.78, 5) is 0.349. The summed E-state index contributed by atoms with van der Waals surface area (Å²) in [7, 11) is -3.41. The van der Waals surface area contributed by atoms with Gasteiger partial charge in [-0.1, -0.05) is 54.7 Å². The zero-order valence-corrected chi connectivity index (χ0v) is 15.0. The van der Waals surface area contributed by atoms with Gasteiger partial charge in [-0.15, -0.1) is 11.8 Å². The number of rotatable bonds is 6. The third-order valence-corrected chi connectivity index (χ3v) is 5.33. The van der Waals surface area contributed by atoms with E-state index in [4.69, 9.17) is 5.11 Å². The molecule has 0 aliphatic carbocycles. The highest BCUT2D eigenvalue weighted by atomic mass is 32.2. The van der Waals surface area contributed by atoms with E-state index in [9.17, 15) is 8.42 Å². The minimum atomic E-state index is -3.41. The third kappa shape index (κ3) is 5.94. The summed E-state index contributed by atoms with van der Waals surface area (Å²) in [5.41, 5.74) is 0. The van der Waals surface area contributed by atoms with Crippen LogP contribution in [0.3, 0.4) is 0 Å². The monoisotopic (exact) mass is 354 g/mol. The molecular formula is C21H22O3S.